The number of anilines is 1. The van der Waals surface area contributed by atoms with E-state index < -0.39 is 0 Å². The Balaban J connectivity index is 3.08. The van der Waals surface area contributed by atoms with Gasteiger partial charge in [-0.2, -0.15) is 5.10 Å². The number of aryl methyl sites for hydroxylation is 1. The van der Waals surface area contributed by atoms with Crippen LogP contribution in [0, 0.1) is 6.92 Å². The zero-order valence-corrected chi connectivity index (χ0v) is 4.50. The molecule has 0 atom stereocenters. The molecule has 2 N–H and O–H groups in total. The van der Waals surface area contributed by atoms with Gasteiger partial charge in [-0.15, -0.1) is 5.10 Å². The standard InChI is InChI=1S/C4H6N4/c1-3-2-6-8-4(5)7-3/h2H,1H3,(H2,5,7,8). The fourth-order valence-electron chi connectivity index (χ4n) is 0.403. The molecule has 8 heavy (non-hydrogen) atoms. The number of rotatable bonds is 0. The molecular formula is C4H6N4. The van der Waals surface area contributed by atoms with E-state index in [1.165, 1.54) is 0 Å². The van der Waals surface area contributed by atoms with Gasteiger partial charge in [0, 0.05) is 0 Å². The third-order valence-corrected chi connectivity index (χ3v) is 0.696. The normalized spacial score (nSPS) is 9.12. The van der Waals surface area contributed by atoms with Crippen molar-refractivity contribution in [1.82, 2.24) is 15.2 Å². The molecule has 0 aliphatic heterocycles. The SMILES string of the molecule is Cc1cnnc(N)n1. The molecule has 4 heteroatoms. The predicted molar refractivity (Wildman–Crippen MR) is 29.0 cm³/mol. The molecule has 0 saturated carbocycles. The summed E-state index contributed by atoms with van der Waals surface area (Å²) in [7, 11) is 0. The summed E-state index contributed by atoms with van der Waals surface area (Å²) in [6.45, 7) is 1.81. The lowest BCUT2D eigenvalue weighted by molar-refractivity contribution is 0.956. The van der Waals surface area contributed by atoms with Gasteiger partial charge in [0.1, 0.15) is 0 Å². The van der Waals surface area contributed by atoms with Crippen molar-refractivity contribution in [3.8, 4) is 0 Å². The summed E-state index contributed by atoms with van der Waals surface area (Å²) < 4.78 is 0. The lowest BCUT2D eigenvalue weighted by Crippen LogP contribution is -1.97. The Hall–Kier alpha value is -1.19. The molecule has 1 heterocycles. The molecule has 0 aliphatic rings. The summed E-state index contributed by atoms with van der Waals surface area (Å²) in [6, 6.07) is 0. The number of nitrogens with two attached hydrogens (primary N) is 1. The second kappa shape index (κ2) is 1.73. The molecule has 0 bridgehead atoms. The Bertz CT molecular complexity index is 168. The molecule has 4 nitrogen and oxygen atoms in total. The minimum Gasteiger partial charge on any atom is -0.366 e. The van der Waals surface area contributed by atoms with Gasteiger partial charge in [0.05, 0.1) is 11.9 Å². The van der Waals surface area contributed by atoms with E-state index in [1.807, 2.05) is 6.92 Å². The maximum Gasteiger partial charge on any atom is 0.240 e. The van der Waals surface area contributed by atoms with Crippen molar-refractivity contribution in [2.75, 3.05) is 5.73 Å². The summed E-state index contributed by atoms with van der Waals surface area (Å²) in [4.78, 5) is 3.78. The molecule has 1 rings (SSSR count). The van der Waals surface area contributed by atoms with Crippen molar-refractivity contribution in [2.24, 2.45) is 0 Å². The Labute approximate surface area is 46.8 Å². The van der Waals surface area contributed by atoms with Crippen LogP contribution in [0.2, 0.25) is 0 Å². The van der Waals surface area contributed by atoms with Crippen molar-refractivity contribution < 1.29 is 0 Å². The van der Waals surface area contributed by atoms with Crippen molar-refractivity contribution in [1.29, 1.82) is 0 Å². The first-order chi connectivity index (χ1) is 3.79. The number of nitrogens with zero attached hydrogens (tertiary/aromatic N) is 3. The van der Waals surface area contributed by atoms with E-state index in [-0.39, 0.29) is 5.95 Å². The fraction of sp³-hybridized carbons (Fsp3) is 0.250. The van der Waals surface area contributed by atoms with Crippen LogP contribution in [-0.4, -0.2) is 15.2 Å². The number of aromatic nitrogens is 3. The molecule has 0 aliphatic carbocycles. The van der Waals surface area contributed by atoms with Crippen LogP contribution < -0.4 is 5.73 Å². The molecule has 0 aromatic carbocycles. The summed E-state index contributed by atoms with van der Waals surface area (Å²) in [5.41, 5.74) is 5.96. The van der Waals surface area contributed by atoms with E-state index in [4.69, 9.17) is 5.73 Å². The Morgan fingerprint density at radius 3 is 2.75 bits per heavy atom. The zero-order valence-electron chi connectivity index (χ0n) is 4.50. The summed E-state index contributed by atoms with van der Waals surface area (Å²) in [5.74, 6) is 0.227. The first-order valence-corrected chi connectivity index (χ1v) is 2.21. The number of nitrogen functional groups attached to an aromatic ring is 1. The van der Waals surface area contributed by atoms with Gasteiger partial charge in [-0.25, -0.2) is 4.98 Å². The molecular weight excluding hydrogens is 104 g/mol. The van der Waals surface area contributed by atoms with Crippen LogP contribution in [0.4, 0.5) is 5.95 Å². The predicted octanol–water partition coefficient (Wildman–Crippen LogP) is -0.238. The smallest absolute Gasteiger partial charge is 0.240 e. The molecule has 0 fully saturated rings. The van der Waals surface area contributed by atoms with Gasteiger partial charge < -0.3 is 5.73 Å². The molecule has 0 amide bonds. The fourth-order valence-corrected chi connectivity index (χ4v) is 0.403. The highest BCUT2D eigenvalue weighted by Gasteiger charge is 1.85. The molecule has 0 saturated heterocycles. The summed E-state index contributed by atoms with van der Waals surface area (Å²) >= 11 is 0. The quantitative estimate of drug-likeness (QED) is 0.500. The van der Waals surface area contributed by atoms with E-state index in [0.717, 1.165) is 5.69 Å². The van der Waals surface area contributed by atoms with E-state index in [1.54, 1.807) is 6.20 Å². The molecule has 0 radical (unpaired) electrons. The average Bonchev–Trinajstić information content (AvgIpc) is 1.64. The maximum absolute atomic E-state index is 5.17. The largest absolute Gasteiger partial charge is 0.366 e. The first-order valence-electron chi connectivity index (χ1n) is 2.21. The lowest BCUT2D eigenvalue weighted by atomic mass is 10.5. The van der Waals surface area contributed by atoms with Gasteiger partial charge in [-0.1, -0.05) is 0 Å². The van der Waals surface area contributed by atoms with Gasteiger partial charge in [-0.05, 0) is 6.92 Å². The van der Waals surface area contributed by atoms with Crippen LogP contribution in [0.1, 0.15) is 5.69 Å². The zero-order chi connectivity index (χ0) is 5.98. The van der Waals surface area contributed by atoms with E-state index in [2.05, 4.69) is 15.2 Å². The monoisotopic (exact) mass is 110 g/mol. The van der Waals surface area contributed by atoms with Crippen molar-refractivity contribution in [3.63, 3.8) is 0 Å². The lowest BCUT2D eigenvalue weighted by Gasteiger charge is -1.87. The van der Waals surface area contributed by atoms with Gasteiger partial charge in [0.2, 0.25) is 5.95 Å². The average molecular weight is 110 g/mol. The van der Waals surface area contributed by atoms with Crippen LogP contribution >= 0.6 is 0 Å². The molecule has 0 unspecified atom stereocenters. The van der Waals surface area contributed by atoms with Gasteiger partial charge in [0.15, 0.2) is 0 Å². The minimum absolute atomic E-state index is 0.227. The van der Waals surface area contributed by atoms with Gasteiger partial charge >= 0.3 is 0 Å². The summed E-state index contributed by atoms with van der Waals surface area (Å²) in [6.07, 6.45) is 1.55. The Kier molecular flexibility index (Phi) is 1.07. The third-order valence-electron chi connectivity index (χ3n) is 0.696. The van der Waals surface area contributed by atoms with E-state index in [0.29, 0.717) is 0 Å². The molecule has 1 aromatic heterocycles. The van der Waals surface area contributed by atoms with Crippen LogP contribution in [0.25, 0.3) is 0 Å². The topological polar surface area (TPSA) is 64.7 Å². The minimum atomic E-state index is 0.227. The molecule has 1 aromatic rings. The van der Waals surface area contributed by atoms with Crippen molar-refractivity contribution >= 4 is 5.95 Å². The van der Waals surface area contributed by atoms with Gasteiger partial charge in [-0.3, -0.25) is 0 Å². The Morgan fingerprint density at radius 2 is 2.38 bits per heavy atom. The van der Waals surface area contributed by atoms with Crippen LogP contribution in [-0.2, 0) is 0 Å². The number of hydrogen-bond acceptors (Lipinski definition) is 4. The second-order valence-corrected chi connectivity index (χ2v) is 1.46. The second-order valence-electron chi connectivity index (χ2n) is 1.46. The van der Waals surface area contributed by atoms with Crippen LogP contribution in [0.3, 0.4) is 0 Å². The van der Waals surface area contributed by atoms with Gasteiger partial charge in [0.25, 0.3) is 0 Å². The van der Waals surface area contributed by atoms with Crippen LogP contribution in [0.15, 0.2) is 6.20 Å². The highest BCUT2D eigenvalue weighted by molar-refractivity contribution is 5.12. The van der Waals surface area contributed by atoms with Crippen molar-refractivity contribution in [2.45, 2.75) is 6.92 Å². The van der Waals surface area contributed by atoms with E-state index in [9.17, 15) is 0 Å². The first kappa shape index (κ1) is 4.96. The van der Waals surface area contributed by atoms with E-state index >= 15 is 0 Å². The van der Waals surface area contributed by atoms with Crippen molar-refractivity contribution in [3.05, 3.63) is 11.9 Å². The molecule has 0 spiro atoms. The molecule has 42 valence electrons. The highest BCUT2D eigenvalue weighted by Crippen LogP contribution is 1.87. The Morgan fingerprint density at radius 1 is 1.62 bits per heavy atom. The number of hydrogen-bond donors (Lipinski definition) is 1. The summed E-state index contributed by atoms with van der Waals surface area (Å²) in [5, 5.41) is 7.00. The highest BCUT2D eigenvalue weighted by atomic mass is 15.2. The maximum atomic E-state index is 5.17. The third kappa shape index (κ3) is 0.900. The van der Waals surface area contributed by atoms with Crippen LogP contribution in [0.5, 0.6) is 0 Å².